The zero-order valence-corrected chi connectivity index (χ0v) is 9.82. The smallest absolute Gasteiger partial charge is 0.0895 e. The van der Waals surface area contributed by atoms with E-state index in [1.54, 1.807) is 0 Å². The van der Waals surface area contributed by atoms with Crippen molar-refractivity contribution in [2.75, 3.05) is 26.2 Å². The van der Waals surface area contributed by atoms with Gasteiger partial charge >= 0.3 is 0 Å². The van der Waals surface area contributed by atoms with Gasteiger partial charge in [-0.25, -0.2) is 0 Å². The van der Waals surface area contributed by atoms with Crippen molar-refractivity contribution in [2.24, 2.45) is 0 Å². The van der Waals surface area contributed by atoms with Crippen LogP contribution in [0.2, 0.25) is 0 Å². The Kier molecular flexibility index (Phi) is 5.53. The van der Waals surface area contributed by atoms with E-state index in [-0.39, 0.29) is 6.61 Å². The van der Waals surface area contributed by atoms with Crippen molar-refractivity contribution in [1.29, 1.82) is 0 Å². The Morgan fingerprint density at radius 1 is 1.33 bits per heavy atom. The molecule has 90 valence electrons. The maximum atomic E-state index is 9.17. The molecule has 1 aliphatic rings. The Morgan fingerprint density at radius 2 is 1.93 bits per heavy atom. The molecule has 1 rings (SSSR count). The van der Waals surface area contributed by atoms with Crippen LogP contribution in [0.4, 0.5) is 0 Å². The van der Waals surface area contributed by atoms with E-state index in [9.17, 15) is 0 Å². The first-order chi connectivity index (χ1) is 7.21. The first-order valence-corrected chi connectivity index (χ1v) is 5.97. The summed E-state index contributed by atoms with van der Waals surface area (Å²) in [7, 11) is 0. The molecule has 4 nitrogen and oxygen atoms in total. The van der Waals surface area contributed by atoms with Crippen molar-refractivity contribution in [2.45, 2.75) is 44.9 Å². The number of hydrogen-bond donors (Lipinski definition) is 3. The van der Waals surface area contributed by atoms with Crippen LogP contribution < -0.4 is 5.32 Å². The van der Waals surface area contributed by atoms with Crippen LogP contribution in [0.15, 0.2) is 0 Å². The number of rotatable bonds is 7. The second kappa shape index (κ2) is 6.43. The lowest BCUT2D eigenvalue weighted by Crippen LogP contribution is -2.61. The van der Waals surface area contributed by atoms with Gasteiger partial charge in [0, 0.05) is 31.7 Å². The monoisotopic (exact) mass is 216 g/mol. The number of likely N-dealkylation sites (tertiary alicyclic amines) is 1. The molecule has 1 heterocycles. The van der Waals surface area contributed by atoms with E-state index in [2.05, 4.69) is 24.1 Å². The van der Waals surface area contributed by atoms with E-state index < -0.39 is 6.10 Å². The van der Waals surface area contributed by atoms with Gasteiger partial charge in [0.15, 0.2) is 0 Å². The van der Waals surface area contributed by atoms with Gasteiger partial charge in [-0.05, 0) is 12.8 Å². The summed E-state index contributed by atoms with van der Waals surface area (Å²) in [6.07, 6.45) is 1.80. The highest BCUT2D eigenvalue weighted by Gasteiger charge is 2.30. The van der Waals surface area contributed by atoms with E-state index in [1.165, 1.54) is 12.8 Å². The maximum absolute atomic E-state index is 9.17. The molecule has 0 aliphatic carbocycles. The number of hydrogen-bond acceptors (Lipinski definition) is 4. The number of aliphatic hydroxyl groups is 2. The average molecular weight is 216 g/mol. The fourth-order valence-corrected chi connectivity index (χ4v) is 2.11. The van der Waals surface area contributed by atoms with Crippen molar-refractivity contribution in [3.63, 3.8) is 0 Å². The molecule has 0 radical (unpaired) electrons. The Morgan fingerprint density at radius 3 is 2.40 bits per heavy atom. The highest BCUT2D eigenvalue weighted by Crippen LogP contribution is 2.16. The predicted octanol–water partition coefficient (Wildman–Crippen LogP) is -0.198. The maximum Gasteiger partial charge on any atom is 0.0895 e. The zero-order chi connectivity index (χ0) is 11.3. The Balaban J connectivity index is 2.09. The molecule has 0 amide bonds. The van der Waals surface area contributed by atoms with E-state index >= 15 is 0 Å². The van der Waals surface area contributed by atoms with Crippen molar-refractivity contribution in [3.8, 4) is 0 Å². The Labute approximate surface area is 92.3 Å². The molecular weight excluding hydrogens is 192 g/mol. The van der Waals surface area contributed by atoms with Crippen LogP contribution in [0.1, 0.15) is 26.7 Å². The largest absolute Gasteiger partial charge is 0.394 e. The third-order valence-electron chi connectivity index (χ3n) is 3.22. The van der Waals surface area contributed by atoms with Gasteiger partial charge in [0.1, 0.15) is 0 Å². The Bertz CT molecular complexity index is 168. The second-order valence-corrected chi connectivity index (χ2v) is 4.37. The molecule has 0 saturated carbocycles. The molecule has 0 aromatic heterocycles. The Hall–Kier alpha value is -0.160. The third-order valence-corrected chi connectivity index (χ3v) is 3.22. The van der Waals surface area contributed by atoms with Crippen LogP contribution >= 0.6 is 0 Å². The van der Waals surface area contributed by atoms with Crippen LogP contribution in [-0.2, 0) is 0 Å². The number of nitrogens with one attached hydrogen (secondary N) is 1. The van der Waals surface area contributed by atoms with Gasteiger partial charge in [-0.2, -0.15) is 0 Å². The molecule has 0 aromatic carbocycles. The molecule has 0 unspecified atom stereocenters. The van der Waals surface area contributed by atoms with Crippen molar-refractivity contribution in [1.82, 2.24) is 10.2 Å². The normalized spacial score (nSPS) is 20.6. The van der Waals surface area contributed by atoms with Crippen LogP contribution in [0.3, 0.4) is 0 Å². The molecule has 1 aliphatic heterocycles. The van der Waals surface area contributed by atoms with Gasteiger partial charge in [-0.1, -0.05) is 13.8 Å². The van der Waals surface area contributed by atoms with Gasteiger partial charge in [0.2, 0.25) is 0 Å². The zero-order valence-electron chi connectivity index (χ0n) is 9.82. The lowest BCUT2D eigenvalue weighted by Gasteiger charge is -2.44. The van der Waals surface area contributed by atoms with Crippen LogP contribution in [-0.4, -0.2) is 59.5 Å². The summed E-state index contributed by atoms with van der Waals surface area (Å²) in [4.78, 5) is 2.48. The number of nitrogens with zero attached hydrogens (tertiary/aromatic N) is 1. The fraction of sp³-hybridized carbons (Fsp3) is 1.00. The SMILES string of the molecule is CCC(CC)N1CC(NC[C@H](O)CO)C1. The molecule has 0 spiro atoms. The topological polar surface area (TPSA) is 55.7 Å². The minimum Gasteiger partial charge on any atom is -0.394 e. The molecule has 0 aromatic rings. The summed E-state index contributed by atoms with van der Waals surface area (Å²) < 4.78 is 0. The minimum absolute atomic E-state index is 0.157. The highest BCUT2D eigenvalue weighted by atomic mass is 16.3. The molecule has 1 saturated heterocycles. The van der Waals surface area contributed by atoms with E-state index in [0.29, 0.717) is 18.6 Å². The van der Waals surface area contributed by atoms with Gasteiger partial charge in [0.25, 0.3) is 0 Å². The van der Waals surface area contributed by atoms with E-state index in [1.807, 2.05) is 0 Å². The lowest BCUT2D eigenvalue weighted by molar-refractivity contribution is 0.0505. The molecular formula is C11H24N2O2. The van der Waals surface area contributed by atoms with Crippen molar-refractivity contribution in [3.05, 3.63) is 0 Å². The summed E-state index contributed by atoms with van der Waals surface area (Å²) in [5, 5.41) is 21.1. The first-order valence-electron chi connectivity index (χ1n) is 5.97. The quantitative estimate of drug-likeness (QED) is 0.552. The number of aliphatic hydroxyl groups excluding tert-OH is 2. The van der Waals surface area contributed by atoms with Crippen LogP contribution in [0.5, 0.6) is 0 Å². The van der Waals surface area contributed by atoms with Gasteiger partial charge in [-0.3, -0.25) is 4.90 Å². The van der Waals surface area contributed by atoms with Crippen molar-refractivity contribution < 1.29 is 10.2 Å². The van der Waals surface area contributed by atoms with E-state index in [4.69, 9.17) is 10.2 Å². The first kappa shape index (κ1) is 12.9. The standard InChI is InChI=1S/C11H24N2O2/c1-3-10(4-2)13-6-9(7-13)12-5-11(15)8-14/h9-12,14-15H,3-8H2,1-2H3/t11-/m0/s1. The van der Waals surface area contributed by atoms with E-state index in [0.717, 1.165) is 13.1 Å². The van der Waals surface area contributed by atoms with Crippen molar-refractivity contribution >= 4 is 0 Å². The average Bonchev–Trinajstić information content (AvgIpc) is 2.20. The summed E-state index contributed by atoms with van der Waals surface area (Å²) >= 11 is 0. The molecule has 0 bridgehead atoms. The van der Waals surface area contributed by atoms with Crippen LogP contribution in [0, 0.1) is 0 Å². The minimum atomic E-state index is -0.618. The van der Waals surface area contributed by atoms with Gasteiger partial charge < -0.3 is 15.5 Å². The highest BCUT2D eigenvalue weighted by molar-refractivity contribution is 4.89. The van der Waals surface area contributed by atoms with Gasteiger partial charge in [0.05, 0.1) is 12.7 Å². The molecule has 1 fully saturated rings. The summed E-state index contributed by atoms with van der Waals surface area (Å²) in [6.45, 7) is 6.94. The fourth-order valence-electron chi connectivity index (χ4n) is 2.11. The van der Waals surface area contributed by atoms with Crippen LogP contribution in [0.25, 0.3) is 0 Å². The summed E-state index contributed by atoms with van der Waals surface area (Å²) in [6, 6.07) is 1.21. The molecule has 1 atom stereocenters. The summed E-state index contributed by atoms with van der Waals surface area (Å²) in [5.41, 5.74) is 0. The van der Waals surface area contributed by atoms with Gasteiger partial charge in [-0.15, -0.1) is 0 Å². The third kappa shape index (κ3) is 3.72. The lowest BCUT2D eigenvalue weighted by atomic mass is 10.0. The molecule has 15 heavy (non-hydrogen) atoms. The molecule has 3 N–H and O–H groups in total. The molecule has 4 heteroatoms. The summed E-state index contributed by atoms with van der Waals surface area (Å²) in [5.74, 6) is 0. The predicted molar refractivity (Wildman–Crippen MR) is 60.8 cm³/mol. The second-order valence-electron chi connectivity index (χ2n) is 4.37.